The third-order valence-electron chi connectivity index (χ3n) is 1.62. The lowest BCUT2D eigenvalue weighted by Gasteiger charge is -2.07. The largest absolute Gasteiger partial charge is 0.377 e. The maximum absolute atomic E-state index is 5.37. The summed E-state index contributed by atoms with van der Waals surface area (Å²) in [6.45, 7) is 12.7. The van der Waals surface area contributed by atoms with E-state index in [1.165, 1.54) is 6.42 Å². The van der Waals surface area contributed by atoms with Gasteiger partial charge in [-0.05, 0) is 26.3 Å². The Morgan fingerprint density at radius 3 is 2.62 bits per heavy atom. The Hall–Kier alpha value is -0.340. The Bertz CT molecular complexity index is 132. The third kappa shape index (κ3) is 11.7. The van der Waals surface area contributed by atoms with E-state index in [0.717, 1.165) is 25.1 Å². The lowest BCUT2D eigenvalue weighted by atomic mass is 10.3. The molecule has 0 aromatic carbocycles. The summed E-state index contributed by atoms with van der Waals surface area (Å²) in [6, 6.07) is 0.594. The Morgan fingerprint density at radius 1 is 1.38 bits per heavy atom. The van der Waals surface area contributed by atoms with E-state index < -0.39 is 0 Å². The molecule has 0 aliphatic heterocycles. The molecule has 0 atom stereocenters. The summed E-state index contributed by atoms with van der Waals surface area (Å²) in [7, 11) is 0. The molecule has 0 amide bonds. The van der Waals surface area contributed by atoms with Crippen molar-refractivity contribution in [3.05, 3.63) is 12.2 Å². The molecular weight excluding hydrogens is 162 g/mol. The molecule has 0 spiro atoms. The van der Waals surface area contributed by atoms with E-state index in [-0.39, 0.29) is 0 Å². The molecule has 2 nitrogen and oxygen atoms in total. The van der Waals surface area contributed by atoms with Crippen LogP contribution in [0.3, 0.4) is 0 Å². The van der Waals surface area contributed by atoms with Crippen LogP contribution in [0.5, 0.6) is 0 Å². The van der Waals surface area contributed by atoms with Crippen LogP contribution in [0.4, 0.5) is 0 Å². The van der Waals surface area contributed by atoms with Gasteiger partial charge in [-0.2, -0.15) is 0 Å². The van der Waals surface area contributed by atoms with Gasteiger partial charge >= 0.3 is 0 Å². The lowest BCUT2D eigenvalue weighted by Crippen LogP contribution is -2.23. The highest BCUT2D eigenvalue weighted by atomic mass is 16.5. The highest BCUT2D eigenvalue weighted by Crippen LogP contribution is 1.93. The normalized spacial score (nSPS) is 10.8. The first-order valence-corrected chi connectivity index (χ1v) is 5.08. The summed E-state index contributed by atoms with van der Waals surface area (Å²) in [6.07, 6.45) is 2.32. The molecule has 0 unspecified atom stereocenters. The molecule has 2 heteroatoms. The number of hydrogen-bond donors (Lipinski definition) is 1. The number of nitrogens with one attached hydrogen (secondary N) is 1. The van der Waals surface area contributed by atoms with Crippen molar-refractivity contribution < 1.29 is 4.74 Å². The molecule has 13 heavy (non-hydrogen) atoms. The van der Waals surface area contributed by atoms with Crippen molar-refractivity contribution in [1.82, 2.24) is 5.32 Å². The minimum atomic E-state index is 0.594. The quantitative estimate of drug-likeness (QED) is 0.463. The molecule has 0 radical (unpaired) electrons. The van der Waals surface area contributed by atoms with Gasteiger partial charge in [-0.15, -0.1) is 0 Å². The summed E-state index contributed by atoms with van der Waals surface area (Å²) >= 11 is 0. The molecule has 0 saturated heterocycles. The zero-order chi connectivity index (χ0) is 10.1. The summed E-state index contributed by atoms with van der Waals surface area (Å²) in [5.41, 5.74) is 1.10. The van der Waals surface area contributed by atoms with Crippen LogP contribution >= 0.6 is 0 Å². The van der Waals surface area contributed by atoms with E-state index >= 15 is 0 Å². The topological polar surface area (TPSA) is 21.3 Å². The molecule has 0 rings (SSSR count). The highest BCUT2D eigenvalue weighted by molar-refractivity contribution is 4.87. The van der Waals surface area contributed by atoms with Gasteiger partial charge in [-0.3, -0.25) is 0 Å². The van der Waals surface area contributed by atoms with Gasteiger partial charge in [0.25, 0.3) is 0 Å². The van der Waals surface area contributed by atoms with Crippen molar-refractivity contribution in [3.63, 3.8) is 0 Å². The smallest absolute Gasteiger partial charge is 0.0671 e. The zero-order valence-corrected chi connectivity index (χ0v) is 9.23. The molecule has 0 bridgehead atoms. The fraction of sp³-hybridized carbons (Fsp3) is 0.818. The van der Waals surface area contributed by atoms with Gasteiger partial charge in [-0.1, -0.05) is 26.0 Å². The molecule has 0 aliphatic rings. The molecule has 0 aromatic heterocycles. The predicted octanol–water partition coefficient (Wildman–Crippen LogP) is 2.36. The first-order valence-electron chi connectivity index (χ1n) is 5.08. The number of ether oxygens (including phenoxy) is 1. The summed E-state index contributed by atoms with van der Waals surface area (Å²) in [4.78, 5) is 0. The summed E-state index contributed by atoms with van der Waals surface area (Å²) < 4.78 is 5.37. The van der Waals surface area contributed by atoms with Gasteiger partial charge in [0.15, 0.2) is 0 Å². The second-order valence-electron chi connectivity index (χ2n) is 3.83. The first-order chi connectivity index (χ1) is 6.13. The SMILES string of the molecule is C=C(C)COCCCCNC(C)C. The van der Waals surface area contributed by atoms with Crippen LogP contribution < -0.4 is 5.32 Å². The van der Waals surface area contributed by atoms with Crippen LogP contribution in [0.2, 0.25) is 0 Å². The second-order valence-corrected chi connectivity index (χ2v) is 3.83. The van der Waals surface area contributed by atoms with Crippen LogP contribution in [-0.4, -0.2) is 25.8 Å². The van der Waals surface area contributed by atoms with Crippen molar-refractivity contribution in [1.29, 1.82) is 0 Å². The Kier molecular flexibility index (Phi) is 8.05. The average molecular weight is 185 g/mol. The Morgan fingerprint density at radius 2 is 2.08 bits per heavy atom. The van der Waals surface area contributed by atoms with Crippen LogP contribution in [0.1, 0.15) is 33.6 Å². The van der Waals surface area contributed by atoms with Crippen LogP contribution in [-0.2, 0) is 4.74 Å². The van der Waals surface area contributed by atoms with Crippen molar-refractivity contribution >= 4 is 0 Å². The van der Waals surface area contributed by atoms with Gasteiger partial charge in [-0.25, -0.2) is 0 Å². The standard InChI is InChI=1S/C11H23NO/c1-10(2)9-13-8-6-5-7-12-11(3)4/h11-12H,1,5-9H2,2-4H3. The molecule has 78 valence electrons. The van der Waals surface area contributed by atoms with E-state index in [9.17, 15) is 0 Å². The molecule has 0 fully saturated rings. The molecule has 0 aliphatic carbocycles. The van der Waals surface area contributed by atoms with Crippen LogP contribution in [0, 0.1) is 0 Å². The number of unbranched alkanes of at least 4 members (excludes halogenated alkanes) is 1. The highest BCUT2D eigenvalue weighted by Gasteiger charge is 1.92. The average Bonchev–Trinajstić information content (AvgIpc) is 2.01. The predicted molar refractivity (Wildman–Crippen MR) is 58.0 cm³/mol. The van der Waals surface area contributed by atoms with Crippen molar-refractivity contribution in [2.75, 3.05) is 19.8 Å². The van der Waals surface area contributed by atoms with Crippen molar-refractivity contribution in [2.24, 2.45) is 0 Å². The van der Waals surface area contributed by atoms with Gasteiger partial charge < -0.3 is 10.1 Å². The molecule has 1 N–H and O–H groups in total. The summed E-state index contributed by atoms with van der Waals surface area (Å²) in [5.74, 6) is 0. The first kappa shape index (κ1) is 12.7. The maximum Gasteiger partial charge on any atom is 0.0671 e. The molecule has 0 saturated carbocycles. The molecular formula is C11H23NO. The summed E-state index contributed by atoms with van der Waals surface area (Å²) in [5, 5.41) is 3.37. The van der Waals surface area contributed by atoms with Crippen LogP contribution in [0.25, 0.3) is 0 Å². The monoisotopic (exact) mass is 185 g/mol. The molecule has 0 heterocycles. The number of rotatable bonds is 8. The van der Waals surface area contributed by atoms with E-state index in [1.807, 2.05) is 6.92 Å². The van der Waals surface area contributed by atoms with Crippen LogP contribution in [0.15, 0.2) is 12.2 Å². The van der Waals surface area contributed by atoms with Crippen molar-refractivity contribution in [3.8, 4) is 0 Å². The molecule has 0 aromatic rings. The lowest BCUT2D eigenvalue weighted by molar-refractivity contribution is 0.152. The van der Waals surface area contributed by atoms with E-state index in [1.54, 1.807) is 0 Å². The van der Waals surface area contributed by atoms with Gasteiger partial charge in [0.05, 0.1) is 6.61 Å². The second kappa shape index (κ2) is 8.27. The third-order valence-corrected chi connectivity index (χ3v) is 1.62. The Labute approximate surface area is 82.4 Å². The van der Waals surface area contributed by atoms with Gasteiger partial charge in [0.1, 0.15) is 0 Å². The minimum Gasteiger partial charge on any atom is -0.377 e. The maximum atomic E-state index is 5.37. The fourth-order valence-corrected chi connectivity index (χ4v) is 0.966. The fourth-order valence-electron chi connectivity index (χ4n) is 0.966. The van der Waals surface area contributed by atoms with E-state index in [4.69, 9.17) is 4.74 Å². The van der Waals surface area contributed by atoms with E-state index in [2.05, 4.69) is 25.7 Å². The zero-order valence-electron chi connectivity index (χ0n) is 9.23. The number of hydrogen-bond acceptors (Lipinski definition) is 2. The van der Waals surface area contributed by atoms with Gasteiger partial charge in [0.2, 0.25) is 0 Å². The van der Waals surface area contributed by atoms with Gasteiger partial charge in [0, 0.05) is 12.6 Å². The Balaban J connectivity index is 2.96. The van der Waals surface area contributed by atoms with E-state index in [0.29, 0.717) is 12.6 Å². The minimum absolute atomic E-state index is 0.594. The van der Waals surface area contributed by atoms with Crippen molar-refractivity contribution in [2.45, 2.75) is 39.7 Å².